The van der Waals surface area contributed by atoms with Crippen LogP contribution in [0.4, 0.5) is 0 Å². The first-order chi connectivity index (χ1) is 28.3. The summed E-state index contributed by atoms with van der Waals surface area (Å²) in [7, 11) is 0. The van der Waals surface area contributed by atoms with Crippen molar-refractivity contribution < 1.29 is 0 Å². The van der Waals surface area contributed by atoms with Gasteiger partial charge in [0.1, 0.15) is 5.65 Å². The quantitative estimate of drug-likeness (QED) is 0.170. The Balaban J connectivity index is 1.12. The van der Waals surface area contributed by atoms with Gasteiger partial charge in [0.2, 0.25) is 0 Å². The van der Waals surface area contributed by atoms with Crippen molar-refractivity contribution in [3.63, 3.8) is 0 Å². The van der Waals surface area contributed by atoms with Crippen LogP contribution in [0.2, 0.25) is 0 Å². The van der Waals surface area contributed by atoms with E-state index in [1.54, 1.807) is 0 Å². The molecule has 5 aromatic heterocycles. The fourth-order valence-electron chi connectivity index (χ4n) is 9.59. The molecule has 13 aromatic rings. The smallest absolute Gasteiger partial charge is 0.146 e. The first-order valence-electron chi connectivity index (χ1n) is 19.4. The van der Waals surface area contributed by atoms with Gasteiger partial charge < -0.3 is 9.13 Å². The van der Waals surface area contributed by atoms with Crippen LogP contribution in [0.15, 0.2) is 188 Å². The highest BCUT2D eigenvalue weighted by Gasteiger charge is 2.22. The minimum Gasteiger partial charge on any atom is -0.308 e. The van der Waals surface area contributed by atoms with E-state index in [0.29, 0.717) is 0 Å². The number of benzene rings is 8. The summed E-state index contributed by atoms with van der Waals surface area (Å²) in [6, 6.07) is 65.5. The summed E-state index contributed by atoms with van der Waals surface area (Å²) < 4.78 is 7.15. The van der Waals surface area contributed by atoms with Gasteiger partial charge >= 0.3 is 0 Å². The minimum absolute atomic E-state index is 0.953. The third kappa shape index (κ3) is 4.17. The lowest BCUT2D eigenvalue weighted by molar-refractivity contribution is 1.18. The summed E-state index contributed by atoms with van der Waals surface area (Å²) in [5.41, 5.74) is 14.2. The predicted molar refractivity (Wildman–Crippen MR) is 237 cm³/mol. The standard InChI is InChI=1S/C52H31N5/c1-2-13-32(14-3-1)33-15-12-16-34(29-33)55-46-23-10-8-20-39(46)43-31-53-49-42(50(43)55)27-26-40-38-19-7-9-22-45(38)56(51(40)49)35-25-28-48-44(30-35)54-52-41-21-5-4-17-36(41)37-18-6-11-24-47(37)57(48)52/h1-31H. The zero-order valence-electron chi connectivity index (χ0n) is 30.6. The molecule has 0 atom stereocenters. The zero-order chi connectivity index (χ0) is 37.2. The summed E-state index contributed by atoms with van der Waals surface area (Å²) in [5.74, 6) is 0. The van der Waals surface area contributed by atoms with Gasteiger partial charge in [0, 0.05) is 55.3 Å². The van der Waals surface area contributed by atoms with Crippen LogP contribution in [0.25, 0.3) is 115 Å². The van der Waals surface area contributed by atoms with Crippen LogP contribution in [0.3, 0.4) is 0 Å². The van der Waals surface area contributed by atoms with E-state index in [4.69, 9.17) is 9.97 Å². The Kier molecular flexibility index (Phi) is 6.10. The van der Waals surface area contributed by atoms with Crippen LogP contribution >= 0.6 is 0 Å². The topological polar surface area (TPSA) is 40.0 Å². The van der Waals surface area contributed by atoms with Gasteiger partial charge in [-0.1, -0.05) is 127 Å². The van der Waals surface area contributed by atoms with Crippen molar-refractivity contribution in [2.24, 2.45) is 0 Å². The van der Waals surface area contributed by atoms with Crippen LogP contribution < -0.4 is 0 Å². The molecule has 0 fully saturated rings. The van der Waals surface area contributed by atoms with E-state index in [9.17, 15) is 0 Å². The molecule has 0 saturated heterocycles. The van der Waals surface area contributed by atoms with Crippen LogP contribution in [-0.4, -0.2) is 23.5 Å². The first-order valence-corrected chi connectivity index (χ1v) is 19.4. The molecule has 0 amide bonds. The average molecular weight is 726 g/mol. The molecule has 0 spiro atoms. The second kappa shape index (κ2) is 11.4. The van der Waals surface area contributed by atoms with Gasteiger partial charge in [0.05, 0.1) is 44.1 Å². The molecule has 0 saturated carbocycles. The van der Waals surface area contributed by atoms with E-state index >= 15 is 0 Å². The molecular weight excluding hydrogens is 695 g/mol. The highest BCUT2D eigenvalue weighted by molar-refractivity contribution is 6.25. The van der Waals surface area contributed by atoms with E-state index in [1.807, 2.05) is 0 Å². The van der Waals surface area contributed by atoms with Crippen molar-refractivity contribution in [1.82, 2.24) is 23.5 Å². The molecule has 0 aliphatic rings. The SMILES string of the molecule is c1ccc(-c2cccc(-n3c4ccccc4c4cnc5c(ccc6c7ccccc7n(-c7ccc8c(c7)nc7c9ccccc9c9ccccc9n87)c65)c43)c2)cc1. The van der Waals surface area contributed by atoms with Gasteiger partial charge in [-0.3, -0.25) is 9.38 Å². The molecule has 57 heavy (non-hydrogen) atoms. The second-order valence-electron chi connectivity index (χ2n) is 15.0. The van der Waals surface area contributed by atoms with Gasteiger partial charge in [0.15, 0.2) is 0 Å². The second-order valence-corrected chi connectivity index (χ2v) is 15.0. The number of nitrogens with zero attached hydrogens (tertiary/aromatic N) is 5. The van der Waals surface area contributed by atoms with Crippen molar-refractivity contribution in [2.75, 3.05) is 0 Å². The van der Waals surface area contributed by atoms with Gasteiger partial charge in [-0.15, -0.1) is 0 Å². The maximum Gasteiger partial charge on any atom is 0.146 e. The number of hydrogen-bond donors (Lipinski definition) is 0. The van der Waals surface area contributed by atoms with E-state index in [1.165, 1.54) is 38.1 Å². The normalized spacial score (nSPS) is 12.2. The van der Waals surface area contributed by atoms with Crippen molar-refractivity contribution >= 4 is 92.9 Å². The fourth-order valence-corrected chi connectivity index (χ4v) is 9.59. The minimum atomic E-state index is 0.953. The van der Waals surface area contributed by atoms with Gasteiger partial charge in [-0.2, -0.15) is 0 Å². The number of para-hydroxylation sites is 3. The fraction of sp³-hybridized carbons (Fsp3) is 0. The highest BCUT2D eigenvalue weighted by atomic mass is 15.0. The Bertz CT molecular complexity index is 3810. The van der Waals surface area contributed by atoms with Crippen LogP contribution in [0, 0.1) is 0 Å². The van der Waals surface area contributed by atoms with Gasteiger partial charge in [0.25, 0.3) is 0 Å². The maximum absolute atomic E-state index is 5.36. The third-order valence-corrected chi connectivity index (χ3v) is 12.0. The number of hydrogen-bond acceptors (Lipinski definition) is 2. The highest BCUT2D eigenvalue weighted by Crippen LogP contribution is 2.42. The molecule has 0 N–H and O–H groups in total. The number of imidazole rings is 1. The Morgan fingerprint density at radius 3 is 1.74 bits per heavy atom. The molecule has 8 aromatic carbocycles. The van der Waals surface area contributed by atoms with Gasteiger partial charge in [-0.25, -0.2) is 4.98 Å². The molecule has 0 aliphatic carbocycles. The lowest BCUT2D eigenvalue weighted by Crippen LogP contribution is -1.98. The Morgan fingerprint density at radius 2 is 0.947 bits per heavy atom. The molecule has 13 rings (SSSR count). The van der Waals surface area contributed by atoms with Crippen molar-refractivity contribution in [1.29, 1.82) is 0 Å². The van der Waals surface area contributed by atoms with Gasteiger partial charge in [-0.05, 0) is 71.1 Å². The van der Waals surface area contributed by atoms with Crippen LogP contribution in [0.1, 0.15) is 0 Å². The monoisotopic (exact) mass is 725 g/mol. The zero-order valence-corrected chi connectivity index (χ0v) is 30.6. The summed E-state index contributed by atoms with van der Waals surface area (Å²) in [6.07, 6.45) is 2.08. The number of aromatic nitrogens is 5. The van der Waals surface area contributed by atoms with Crippen molar-refractivity contribution in [3.05, 3.63) is 188 Å². The summed E-state index contributed by atoms with van der Waals surface area (Å²) >= 11 is 0. The van der Waals surface area contributed by atoms with Crippen molar-refractivity contribution in [2.45, 2.75) is 0 Å². The molecule has 5 nitrogen and oxygen atoms in total. The third-order valence-electron chi connectivity index (χ3n) is 12.0. The first kappa shape index (κ1) is 30.6. The van der Waals surface area contributed by atoms with E-state index in [2.05, 4.69) is 202 Å². The number of fused-ring (bicyclic) bond motifs is 17. The number of rotatable bonds is 3. The van der Waals surface area contributed by atoms with E-state index in [0.717, 1.165) is 77.3 Å². The summed E-state index contributed by atoms with van der Waals surface area (Å²) in [6.45, 7) is 0. The van der Waals surface area contributed by atoms with E-state index in [-0.39, 0.29) is 0 Å². The Labute approximate surface area is 325 Å². The lowest BCUT2D eigenvalue weighted by atomic mass is 10.0. The van der Waals surface area contributed by atoms with Crippen LogP contribution in [0.5, 0.6) is 0 Å². The van der Waals surface area contributed by atoms with Crippen molar-refractivity contribution in [3.8, 4) is 22.5 Å². The summed E-state index contributed by atoms with van der Waals surface area (Å²) in [4.78, 5) is 10.7. The molecule has 5 heterocycles. The number of pyridine rings is 2. The molecule has 0 radical (unpaired) electrons. The average Bonchev–Trinajstić information content (AvgIpc) is 3.95. The molecule has 264 valence electrons. The molecule has 0 aliphatic heterocycles. The molecule has 0 bridgehead atoms. The Morgan fingerprint density at radius 1 is 0.351 bits per heavy atom. The Hall–Kier alpha value is -7.76. The maximum atomic E-state index is 5.36. The lowest BCUT2D eigenvalue weighted by Gasteiger charge is -2.13. The summed E-state index contributed by atoms with van der Waals surface area (Å²) in [5, 5.41) is 9.38. The molecule has 0 unspecified atom stereocenters. The van der Waals surface area contributed by atoms with Crippen LogP contribution in [-0.2, 0) is 0 Å². The predicted octanol–water partition coefficient (Wildman–Crippen LogP) is 13.2. The molecular formula is C52H31N5. The largest absolute Gasteiger partial charge is 0.308 e. The molecule has 5 heteroatoms. The van der Waals surface area contributed by atoms with E-state index < -0.39 is 0 Å².